The number of allylic oxidation sites excluding steroid dienone is 1. The number of nitrogens with zero attached hydrogens (tertiary/aromatic N) is 3. The van der Waals surface area contributed by atoms with Crippen LogP contribution in [0.2, 0.25) is 0 Å². The molecule has 3 aromatic carbocycles. The molecule has 3 aromatic rings. The quantitative estimate of drug-likeness (QED) is 0.460. The highest BCUT2D eigenvalue weighted by atomic mass is 15.1. The molecule has 28 heavy (non-hydrogen) atoms. The van der Waals surface area contributed by atoms with Crippen LogP contribution in [0.3, 0.4) is 0 Å². The Balaban J connectivity index is 1.88. The van der Waals surface area contributed by atoms with Crippen molar-refractivity contribution < 1.29 is 4.58 Å². The molecular formula is C25H24N3+. The van der Waals surface area contributed by atoms with Crippen molar-refractivity contribution in [2.24, 2.45) is 0 Å². The fraction of sp³-hybridized carbons (Fsp3) is 0.200. The molecule has 0 saturated heterocycles. The molecule has 0 saturated carbocycles. The van der Waals surface area contributed by atoms with E-state index in [0.29, 0.717) is 5.57 Å². The van der Waals surface area contributed by atoms with E-state index in [1.807, 2.05) is 13.0 Å². The van der Waals surface area contributed by atoms with Crippen molar-refractivity contribution in [1.82, 2.24) is 0 Å². The molecule has 0 aliphatic carbocycles. The molecule has 0 unspecified atom stereocenters. The van der Waals surface area contributed by atoms with Crippen molar-refractivity contribution in [3.05, 3.63) is 76.9 Å². The second kappa shape index (κ2) is 6.98. The minimum atomic E-state index is 0.715. The third-order valence-electron chi connectivity index (χ3n) is 5.61. The smallest absolute Gasteiger partial charge is 0.220 e. The van der Waals surface area contributed by atoms with Gasteiger partial charge in [-0.1, -0.05) is 12.1 Å². The Morgan fingerprint density at radius 2 is 1.86 bits per heavy atom. The number of benzene rings is 3. The molecule has 0 amide bonds. The van der Waals surface area contributed by atoms with Gasteiger partial charge in [-0.05, 0) is 67.3 Å². The van der Waals surface area contributed by atoms with Gasteiger partial charge >= 0.3 is 0 Å². The minimum absolute atomic E-state index is 0.715. The fourth-order valence-corrected chi connectivity index (χ4v) is 3.99. The Labute approximate surface area is 166 Å². The summed E-state index contributed by atoms with van der Waals surface area (Å²) in [6.45, 7) is 4.99. The number of hydrogen-bond acceptors (Lipinski definition) is 2. The summed E-state index contributed by atoms with van der Waals surface area (Å²) in [6, 6.07) is 21.7. The molecule has 1 aliphatic rings. The van der Waals surface area contributed by atoms with Crippen LogP contribution in [0.1, 0.15) is 30.5 Å². The topological polar surface area (TPSA) is 30.0 Å². The second-order valence-electron chi connectivity index (χ2n) is 7.31. The van der Waals surface area contributed by atoms with Gasteiger partial charge in [0.15, 0.2) is 0 Å². The van der Waals surface area contributed by atoms with E-state index in [-0.39, 0.29) is 0 Å². The highest BCUT2D eigenvalue weighted by molar-refractivity contribution is 6.22. The van der Waals surface area contributed by atoms with Crippen molar-refractivity contribution in [1.29, 1.82) is 5.26 Å². The van der Waals surface area contributed by atoms with Crippen LogP contribution in [0.15, 0.2) is 60.2 Å². The maximum Gasteiger partial charge on any atom is 0.220 e. The summed E-state index contributed by atoms with van der Waals surface area (Å²) in [7, 11) is 4.24. The average molecular weight is 366 g/mol. The lowest BCUT2D eigenvalue weighted by Gasteiger charge is -2.16. The third-order valence-corrected chi connectivity index (χ3v) is 5.61. The van der Waals surface area contributed by atoms with Crippen molar-refractivity contribution in [2.75, 3.05) is 25.5 Å². The molecule has 0 spiro atoms. The summed E-state index contributed by atoms with van der Waals surface area (Å²) < 4.78 is 2.28. The predicted octanol–water partition coefficient (Wildman–Crippen LogP) is 5.35. The van der Waals surface area contributed by atoms with Crippen molar-refractivity contribution in [3.63, 3.8) is 0 Å². The Morgan fingerprint density at radius 3 is 2.54 bits per heavy atom. The summed E-state index contributed by atoms with van der Waals surface area (Å²) in [6.07, 6.45) is 1.97. The van der Waals surface area contributed by atoms with E-state index < -0.39 is 0 Å². The number of rotatable bonds is 4. The normalized spacial score (nSPS) is 13.2. The zero-order valence-electron chi connectivity index (χ0n) is 16.8. The van der Waals surface area contributed by atoms with E-state index in [1.54, 1.807) is 0 Å². The second-order valence-corrected chi connectivity index (χ2v) is 7.31. The molecule has 0 atom stereocenters. The van der Waals surface area contributed by atoms with E-state index >= 15 is 0 Å². The van der Waals surface area contributed by atoms with Gasteiger partial charge < -0.3 is 4.90 Å². The van der Waals surface area contributed by atoms with Crippen molar-refractivity contribution in [2.45, 2.75) is 13.8 Å². The van der Waals surface area contributed by atoms with Crippen LogP contribution in [0.5, 0.6) is 0 Å². The molecule has 1 aliphatic heterocycles. The molecule has 0 bridgehead atoms. The van der Waals surface area contributed by atoms with Crippen LogP contribution >= 0.6 is 0 Å². The van der Waals surface area contributed by atoms with Crippen LogP contribution in [0.4, 0.5) is 11.4 Å². The first kappa shape index (κ1) is 18.0. The van der Waals surface area contributed by atoms with Gasteiger partial charge in [0.1, 0.15) is 7.05 Å². The van der Waals surface area contributed by atoms with Crippen LogP contribution < -0.4 is 4.90 Å². The average Bonchev–Trinajstić information content (AvgIpc) is 3.02. The van der Waals surface area contributed by atoms with Gasteiger partial charge in [-0.2, -0.15) is 9.84 Å². The van der Waals surface area contributed by atoms with E-state index in [9.17, 15) is 0 Å². The summed E-state index contributed by atoms with van der Waals surface area (Å²) in [5.74, 6) is 0. The third kappa shape index (κ3) is 2.78. The Hall–Kier alpha value is -3.38. The summed E-state index contributed by atoms with van der Waals surface area (Å²) in [5.41, 5.74) is 7.93. The van der Waals surface area contributed by atoms with Crippen molar-refractivity contribution >= 4 is 33.9 Å². The Bertz CT molecular complexity index is 1170. The first-order valence-corrected chi connectivity index (χ1v) is 9.62. The molecule has 0 aromatic heterocycles. The maximum absolute atomic E-state index is 9.17. The zero-order chi connectivity index (χ0) is 19.8. The Kier molecular flexibility index (Phi) is 4.49. The van der Waals surface area contributed by atoms with E-state index in [0.717, 1.165) is 12.1 Å². The van der Waals surface area contributed by atoms with E-state index in [4.69, 9.17) is 5.26 Å². The molecule has 0 radical (unpaired) electrons. The fourth-order valence-electron chi connectivity index (χ4n) is 3.99. The molecule has 0 N–H and O–H groups in total. The molecule has 3 nitrogen and oxygen atoms in total. The summed E-state index contributed by atoms with van der Waals surface area (Å²) in [5, 5.41) is 11.6. The molecule has 1 heterocycles. The van der Waals surface area contributed by atoms with Gasteiger partial charge in [0.2, 0.25) is 11.4 Å². The maximum atomic E-state index is 9.17. The SMILES string of the molecule is CCN(C)c1ccc(C2=[N+](C)c3ccc(/C=C(/C)C#N)c4cccc2c34)cc1. The lowest BCUT2D eigenvalue weighted by molar-refractivity contribution is -0.399. The van der Waals surface area contributed by atoms with Crippen molar-refractivity contribution in [3.8, 4) is 6.07 Å². The molecule has 3 heteroatoms. The number of hydrogen-bond donors (Lipinski definition) is 0. The van der Waals surface area contributed by atoms with Crippen LogP contribution in [-0.2, 0) is 0 Å². The molecule has 0 fully saturated rings. The van der Waals surface area contributed by atoms with Gasteiger partial charge in [-0.25, -0.2) is 0 Å². The minimum Gasteiger partial charge on any atom is -0.375 e. The highest BCUT2D eigenvalue weighted by Crippen LogP contribution is 2.38. The molecule has 4 rings (SSSR count). The molecular weight excluding hydrogens is 342 g/mol. The standard InChI is InChI=1S/C25H24N3/c1-5-27(3)20-12-9-18(10-13-20)25-22-8-6-7-21-19(15-17(2)16-26)11-14-23(24(21)22)28(25)4/h6-15H,5H2,1-4H3/q+1/b17-15-. The largest absolute Gasteiger partial charge is 0.375 e. The van der Waals surface area contributed by atoms with E-state index in [2.05, 4.69) is 91.2 Å². The van der Waals surface area contributed by atoms with Gasteiger partial charge in [0.05, 0.1) is 17.0 Å². The van der Waals surface area contributed by atoms with Gasteiger partial charge in [0.25, 0.3) is 0 Å². The van der Waals surface area contributed by atoms with Crippen LogP contribution in [-0.4, -0.2) is 30.9 Å². The van der Waals surface area contributed by atoms with Crippen LogP contribution in [0.25, 0.3) is 16.8 Å². The lowest BCUT2D eigenvalue weighted by atomic mass is 9.95. The highest BCUT2D eigenvalue weighted by Gasteiger charge is 2.31. The monoisotopic (exact) mass is 366 g/mol. The van der Waals surface area contributed by atoms with E-state index in [1.165, 1.54) is 39.0 Å². The zero-order valence-corrected chi connectivity index (χ0v) is 16.8. The number of nitriles is 1. The number of anilines is 1. The Morgan fingerprint density at radius 1 is 1.11 bits per heavy atom. The first-order valence-electron chi connectivity index (χ1n) is 9.62. The summed E-state index contributed by atoms with van der Waals surface area (Å²) in [4.78, 5) is 2.23. The van der Waals surface area contributed by atoms with Crippen LogP contribution in [0, 0.1) is 11.3 Å². The lowest BCUT2D eigenvalue weighted by Crippen LogP contribution is -2.16. The first-order chi connectivity index (χ1) is 13.5. The van der Waals surface area contributed by atoms with Gasteiger partial charge in [0, 0.05) is 36.5 Å². The van der Waals surface area contributed by atoms with Gasteiger partial charge in [-0.15, -0.1) is 0 Å². The summed E-state index contributed by atoms with van der Waals surface area (Å²) >= 11 is 0. The van der Waals surface area contributed by atoms with Gasteiger partial charge in [-0.3, -0.25) is 0 Å². The molecule has 138 valence electrons. The predicted molar refractivity (Wildman–Crippen MR) is 118 cm³/mol.